The van der Waals surface area contributed by atoms with Crippen molar-refractivity contribution in [3.8, 4) is 0 Å². The number of amides is 2. The van der Waals surface area contributed by atoms with Crippen LogP contribution in [-0.2, 0) is 34.2 Å². The van der Waals surface area contributed by atoms with Crippen molar-refractivity contribution in [2.24, 2.45) is 5.92 Å². The van der Waals surface area contributed by atoms with E-state index in [0.717, 1.165) is 62.6 Å². The molecule has 0 radical (unpaired) electrons. The first-order valence-electron chi connectivity index (χ1n) is 14.0. The molecule has 1 aromatic carbocycles. The number of carbonyl (C=O) groups excluding carboxylic acids is 2. The van der Waals surface area contributed by atoms with Crippen molar-refractivity contribution in [2.45, 2.75) is 101 Å². The third-order valence-corrected chi connectivity index (χ3v) is 9.12. The monoisotopic (exact) mass is 556 g/mol. The molecule has 0 atom stereocenters. The number of nitrogens with one attached hydrogen (secondary N) is 3. The molecule has 1 fully saturated rings. The molecule has 1 heterocycles. The maximum absolute atomic E-state index is 13.7. The Morgan fingerprint density at radius 3 is 2.28 bits per heavy atom. The van der Waals surface area contributed by atoms with Gasteiger partial charge in [-0.2, -0.15) is 0 Å². The van der Waals surface area contributed by atoms with Crippen LogP contribution in [0.5, 0.6) is 0 Å². The number of nitrogens with zero attached hydrogens (tertiary/aromatic N) is 1. The molecule has 0 aliphatic heterocycles. The number of hydrazine groups is 1. The van der Waals surface area contributed by atoms with Crippen LogP contribution in [-0.4, -0.2) is 30.3 Å². The molecule has 1 aromatic heterocycles. The lowest BCUT2D eigenvalue weighted by Gasteiger charge is -2.28. The molecule has 2 aliphatic rings. The average molecular weight is 557 g/mol. The number of benzene rings is 1. The summed E-state index contributed by atoms with van der Waals surface area (Å²) in [6.07, 6.45) is 11.7. The lowest BCUT2D eigenvalue weighted by Crippen LogP contribution is -2.58. The van der Waals surface area contributed by atoms with E-state index < -0.39 is 27.4 Å². The highest BCUT2D eigenvalue weighted by Crippen LogP contribution is 2.27. The highest BCUT2D eigenvalue weighted by Gasteiger charge is 2.33. The van der Waals surface area contributed by atoms with Gasteiger partial charge in [0.05, 0.1) is 4.90 Å². The first kappa shape index (κ1) is 29.0. The second kappa shape index (κ2) is 12.5. The summed E-state index contributed by atoms with van der Waals surface area (Å²) in [5, 5.41) is 2.66. The van der Waals surface area contributed by atoms with E-state index in [2.05, 4.69) is 15.6 Å². The Bertz CT molecular complexity index is 1350. The van der Waals surface area contributed by atoms with Crippen LogP contribution < -0.4 is 21.1 Å². The van der Waals surface area contributed by atoms with E-state index in [1.165, 1.54) is 45.2 Å². The van der Waals surface area contributed by atoms with Crippen LogP contribution in [0.2, 0.25) is 0 Å². The van der Waals surface area contributed by atoms with Gasteiger partial charge in [0.15, 0.2) is 0 Å². The molecule has 0 saturated heterocycles. The van der Waals surface area contributed by atoms with Gasteiger partial charge >= 0.3 is 0 Å². The fourth-order valence-corrected chi connectivity index (χ4v) is 6.41. The van der Waals surface area contributed by atoms with Crippen molar-refractivity contribution in [1.82, 2.24) is 20.1 Å². The summed E-state index contributed by atoms with van der Waals surface area (Å²) in [6, 6.07) is 9.35. The minimum atomic E-state index is -3.99. The second-order valence-corrected chi connectivity index (χ2v) is 13.0. The highest BCUT2D eigenvalue weighted by molar-refractivity contribution is 7.89. The molecule has 212 valence electrons. The van der Waals surface area contributed by atoms with E-state index in [1.807, 2.05) is 4.57 Å². The lowest BCUT2D eigenvalue weighted by molar-refractivity contribution is -0.126. The molecule has 9 nitrogen and oxygen atoms in total. The molecule has 10 heteroatoms. The van der Waals surface area contributed by atoms with Crippen LogP contribution in [0.1, 0.15) is 93.3 Å². The molecule has 0 spiro atoms. The Labute approximate surface area is 230 Å². The number of fused-ring (bicyclic) bond motifs is 1. The van der Waals surface area contributed by atoms with Crippen molar-refractivity contribution in [2.75, 3.05) is 0 Å². The summed E-state index contributed by atoms with van der Waals surface area (Å²) in [6.45, 7) is 3.55. The first-order valence-corrected chi connectivity index (χ1v) is 15.5. The molecule has 0 bridgehead atoms. The van der Waals surface area contributed by atoms with E-state index in [-0.39, 0.29) is 16.0 Å². The Kier molecular flexibility index (Phi) is 9.27. The third-order valence-electron chi connectivity index (χ3n) is 7.86. The Balaban J connectivity index is 1.55. The van der Waals surface area contributed by atoms with E-state index in [9.17, 15) is 22.8 Å². The topological polar surface area (TPSA) is 126 Å². The Hall–Kier alpha value is -2.98. The Morgan fingerprint density at radius 1 is 0.949 bits per heavy atom. The van der Waals surface area contributed by atoms with Crippen LogP contribution in [0.3, 0.4) is 0 Å². The van der Waals surface area contributed by atoms with E-state index in [0.29, 0.717) is 12.5 Å². The zero-order valence-corrected chi connectivity index (χ0v) is 23.7. The lowest BCUT2D eigenvalue weighted by atomic mass is 9.88. The maximum Gasteiger partial charge on any atom is 0.263 e. The normalized spacial score (nSPS) is 17.0. The van der Waals surface area contributed by atoms with Crippen molar-refractivity contribution < 1.29 is 18.0 Å². The van der Waals surface area contributed by atoms with Gasteiger partial charge in [-0.15, -0.1) is 4.83 Å². The van der Waals surface area contributed by atoms with Gasteiger partial charge in [-0.05, 0) is 82.1 Å². The van der Waals surface area contributed by atoms with Crippen molar-refractivity contribution in [3.05, 3.63) is 63.6 Å². The van der Waals surface area contributed by atoms with Gasteiger partial charge in [-0.25, -0.2) is 8.42 Å². The number of hydrogen-bond donors (Lipinski definition) is 3. The predicted octanol–water partition coefficient (Wildman–Crippen LogP) is 3.61. The fourth-order valence-electron chi connectivity index (χ4n) is 5.55. The van der Waals surface area contributed by atoms with E-state index in [1.54, 1.807) is 24.3 Å². The number of aromatic nitrogens is 1. The van der Waals surface area contributed by atoms with Gasteiger partial charge in [0.2, 0.25) is 0 Å². The molecule has 2 aromatic rings. The van der Waals surface area contributed by atoms with Crippen LogP contribution in [0.4, 0.5) is 0 Å². The van der Waals surface area contributed by atoms with E-state index in [4.69, 9.17) is 0 Å². The quantitative estimate of drug-likeness (QED) is 0.428. The minimum Gasteiger partial charge on any atom is -0.338 e. The molecule has 2 amide bonds. The largest absolute Gasteiger partial charge is 0.338 e. The maximum atomic E-state index is 13.7. The molecule has 2 aliphatic carbocycles. The predicted molar refractivity (Wildman–Crippen MR) is 150 cm³/mol. The van der Waals surface area contributed by atoms with Gasteiger partial charge in [0, 0.05) is 12.2 Å². The fraction of sp³-hybridized carbons (Fsp3) is 0.552. The summed E-state index contributed by atoms with van der Waals surface area (Å²) in [7, 11) is -3.99. The number of carbonyl (C=O) groups is 2. The number of hydrogen-bond acceptors (Lipinski definition) is 5. The van der Waals surface area contributed by atoms with Crippen molar-refractivity contribution in [1.29, 1.82) is 0 Å². The summed E-state index contributed by atoms with van der Waals surface area (Å²) in [4.78, 5) is 42.1. The summed E-state index contributed by atoms with van der Waals surface area (Å²) in [5.74, 6) is -0.985. The molecule has 3 N–H and O–H groups in total. The summed E-state index contributed by atoms with van der Waals surface area (Å²) >= 11 is 0. The molecular formula is C29H40N4O5S. The summed E-state index contributed by atoms with van der Waals surface area (Å²) < 4.78 is 26.8. The number of aryl methyl sites for hydroxylation is 1. The SMILES string of the molecule is CC(C)(NC(=O)c1cc2c(n(CC3CCCCC3)c1=O)CCCCCC2)C(=O)NNS(=O)(=O)c1ccccc1. The van der Waals surface area contributed by atoms with Gasteiger partial charge < -0.3 is 9.88 Å². The zero-order valence-electron chi connectivity index (χ0n) is 22.9. The smallest absolute Gasteiger partial charge is 0.263 e. The summed E-state index contributed by atoms with van der Waals surface area (Å²) in [5.41, 5.74) is 2.48. The molecule has 1 saturated carbocycles. The van der Waals surface area contributed by atoms with Crippen LogP contribution in [0.25, 0.3) is 0 Å². The zero-order chi connectivity index (χ0) is 28.0. The molecule has 4 rings (SSSR count). The third kappa shape index (κ3) is 7.16. The number of sulfonamides is 1. The van der Waals surface area contributed by atoms with Crippen LogP contribution in [0.15, 0.2) is 46.1 Å². The molecular weight excluding hydrogens is 516 g/mol. The van der Waals surface area contributed by atoms with Gasteiger partial charge in [0.1, 0.15) is 11.1 Å². The standard InChI is InChI=1S/C29H40N4O5S/c1-29(2,28(36)31-32-39(37,38)23-16-10-6-11-17-23)30-26(34)24-19-22-15-9-3-4-12-18-25(22)33(27(24)35)20-21-13-7-5-8-14-21/h6,10-11,16-17,19,21,32H,3-5,7-9,12-15,18,20H2,1-2H3,(H,30,34)(H,31,36). The van der Waals surface area contributed by atoms with E-state index >= 15 is 0 Å². The molecule has 39 heavy (non-hydrogen) atoms. The number of pyridine rings is 1. The highest BCUT2D eigenvalue weighted by atomic mass is 32.2. The average Bonchev–Trinajstić information content (AvgIpc) is 2.90. The Morgan fingerprint density at radius 2 is 1.59 bits per heavy atom. The van der Waals surface area contributed by atoms with Gasteiger partial charge in [-0.1, -0.05) is 50.3 Å². The van der Waals surface area contributed by atoms with Gasteiger partial charge in [-0.3, -0.25) is 19.8 Å². The minimum absolute atomic E-state index is 0.00793. The molecule has 0 unspecified atom stereocenters. The van der Waals surface area contributed by atoms with Crippen LogP contribution >= 0.6 is 0 Å². The number of rotatable bonds is 8. The van der Waals surface area contributed by atoms with Crippen molar-refractivity contribution in [3.63, 3.8) is 0 Å². The van der Waals surface area contributed by atoms with Crippen LogP contribution in [0, 0.1) is 5.92 Å². The van der Waals surface area contributed by atoms with Crippen molar-refractivity contribution >= 4 is 21.8 Å². The van der Waals surface area contributed by atoms with Gasteiger partial charge in [0.25, 0.3) is 27.4 Å². The first-order chi connectivity index (χ1) is 18.6. The second-order valence-electron chi connectivity index (χ2n) is 11.3.